The molecule has 1 fully saturated rings. The van der Waals surface area contributed by atoms with Gasteiger partial charge in [0.05, 0.1) is 0 Å². The summed E-state index contributed by atoms with van der Waals surface area (Å²) in [6, 6.07) is 0. The molecule has 0 radical (unpaired) electrons. The fourth-order valence-electron chi connectivity index (χ4n) is 1.03. The van der Waals surface area contributed by atoms with E-state index in [-0.39, 0.29) is 12.8 Å². The van der Waals surface area contributed by atoms with Gasteiger partial charge < -0.3 is 10.2 Å². The fraction of sp³-hybridized carbons (Fsp3) is 0.833. The minimum atomic E-state index is -3.99. The second-order valence-electron chi connectivity index (χ2n) is 2.67. The predicted octanol–water partition coefficient (Wildman–Crippen LogP) is 0.0556. The Balaban J connectivity index is 2.91. The molecule has 0 aromatic heterocycles. The highest BCUT2D eigenvalue weighted by atomic mass is 19.3. The van der Waals surface area contributed by atoms with Crippen molar-refractivity contribution in [3.63, 3.8) is 0 Å². The number of rotatable bonds is 0. The van der Waals surface area contributed by atoms with Gasteiger partial charge in [0.25, 0.3) is 0 Å². The Kier molecular flexibility index (Phi) is 1.72. The van der Waals surface area contributed by atoms with Crippen LogP contribution in [0.3, 0.4) is 0 Å². The fourth-order valence-corrected chi connectivity index (χ4v) is 1.03. The van der Waals surface area contributed by atoms with Crippen molar-refractivity contribution in [2.75, 3.05) is 0 Å². The van der Waals surface area contributed by atoms with Crippen LogP contribution in [-0.4, -0.2) is 27.7 Å². The molecule has 3 nitrogen and oxygen atoms in total. The summed E-state index contributed by atoms with van der Waals surface area (Å²) in [5, 5.41) is 17.3. The van der Waals surface area contributed by atoms with Crippen molar-refractivity contribution in [3.05, 3.63) is 0 Å². The number of ketones is 1. The third kappa shape index (κ3) is 1.14. The van der Waals surface area contributed by atoms with Crippen LogP contribution in [0.4, 0.5) is 8.78 Å². The molecular weight excluding hydrogens is 158 g/mol. The molecule has 0 heterocycles. The van der Waals surface area contributed by atoms with Crippen molar-refractivity contribution in [1.29, 1.82) is 0 Å². The zero-order chi connectivity index (χ0) is 8.70. The van der Waals surface area contributed by atoms with Crippen molar-refractivity contribution >= 4 is 5.78 Å². The van der Waals surface area contributed by atoms with E-state index >= 15 is 0 Å². The summed E-state index contributed by atoms with van der Waals surface area (Å²) in [5.41, 5.74) is 0. The first kappa shape index (κ1) is 8.55. The van der Waals surface area contributed by atoms with Crippen LogP contribution in [0.5, 0.6) is 0 Å². The Morgan fingerprint density at radius 2 is 1.91 bits per heavy atom. The number of hydrogen-bond donors (Lipinski definition) is 2. The smallest absolute Gasteiger partial charge is 0.357 e. The summed E-state index contributed by atoms with van der Waals surface area (Å²) in [4.78, 5) is 10.5. The predicted molar refractivity (Wildman–Crippen MR) is 31.0 cm³/mol. The van der Waals surface area contributed by atoms with E-state index in [1.54, 1.807) is 0 Å². The Morgan fingerprint density at radius 1 is 1.36 bits per heavy atom. The van der Waals surface area contributed by atoms with Gasteiger partial charge in [0.1, 0.15) is 0 Å². The summed E-state index contributed by atoms with van der Waals surface area (Å²) >= 11 is 0. The number of alkyl halides is 2. The van der Waals surface area contributed by atoms with Crippen molar-refractivity contribution in [3.8, 4) is 0 Å². The summed E-state index contributed by atoms with van der Waals surface area (Å²) in [7, 11) is 0. The normalized spacial score (nSPS) is 28.5. The molecule has 11 heavy (non-hydrogen) atoms. The number of hydrogen-bond acceptors (Lipinski definition) is 3. The van der Waals surface area contributed by atoms with Crippen LogP contribution in [0, 0.1) is 0 Å². The summed E-state index contributed by atoms with van der Waals surface area (Å²) in [6.07, 6.45) is -0.636. The molecule has 1 aliphatic carbocycles. The molecule has 0 spiro atoms. The molecule has 1 saturated carbocycles. The van der Waals surface area contributed by atoms with Crippen LogP contribution in [0.1, 0.15) is 19.3 Å². The van der Waals surface area contributed by atoms with Gasteiger partial charge in [-0.15, -0.1) is 0 Å². The zero-order valence-corrected chi connectivity index (χ0v) is 5.68. The van der Waals surface area contributed by atoms with Gasteiger partial charge in [-0.25, -0.2) is 0 Å². The van der Waals surface area contributed by atoms with Crippen LogP contribution < -0.4 is 0 Å². The average Bonchev–Trinajstić information content (AvgIpc) is 1.84. The van der Waals surface area contributed by atoms with Gasteiger partial charge in [0.15, 0.2) is 0 Å². The van der Waals surface area contributed by atoms with Crippen LogP contribution >= 0.6 is 0 Å². The maximum Gasteiger partial charge on any atom is 0.357 e. The Labute approximate surface area is 61.6 Å². The third-order valence-corrected chi connectivity index (χ3v) is 1.78. The van der Waals surface area contributed by atoms with Crippen molar-refractivity contribution in [2.45, 2.75) is 31.0 Å². The maximum atomic E-state index is 12.5. The van der Waals surface area contributed by atoms with E-state index in [2.05, 4.69) is 0 Å². The monoisotopic (exact) mass is 166 g/mol. The van der Waals surface area contributed by atoms with E-state index < -0.39 is 23.9 Å². The first-order valence-corrected chi connectivity index (χ1v) is 3.24. The van der Waals surface area contributed by atoms with Gasteiger partial charge in [-0.1, -0.05) is 0 Å². The van der Waals surface area contributed by atoms with Crippen molar-refractivity contribution < 1.29 is 23.8 Å². The van der Waals surface area contributed by atoms with Crippen LogP contribution in [0.25, 0.3) is 0 Å². The molecule has 0 saturated heterocycles. The van der Waals surface area contributed by atoms with Gasteiger partial charge in [-0.05, 0) is 6.42 Å². The summed E-state index contributed by atoms with van der Waals surface area (Å²) < 4.78 is 25.1. The lowest BCUT2D eigenvalue weighted by Gasteiger charge is -2.33. The van der Waals surface area contributed by atoms with Crippen molar-refractivity contribution in [2.24, 2.45) is 0 Å². The summed E-state index contributed by atoms with van der Waals surface area (Å²) in [5.74, 6) is -8.53. The Bertz CT molecular complexity index is 188. The van der Waals surface area contributed by atoms with Gasteiger partial charge in [0.2, 0.25) is 11.6 Å². The van der Waals surface area contributed by atoms with Gasteiger partial charge >= 0.3 is 5.92 Å². The summed E-state index contributed by atoms with van der Waals surface area (Å²) in [6.45, 7) is 0. The van der Waals surface area contributed by atoms with E-state index in [9.17, 15) is 13.6 Å². The van der Waals surface area contributed by atoms with Crippen LogP contribution in [-0.2, 0) is 4.79 Å². The number of aliphatic hydroxyl groups is 2. The quantitative estimate of drug-likeness (QED) is 0.500. The maximum absolute atomic E-state index is 12.5. The molecule has 0 atom stereocenters. The lowest BCUT2D eigenvalue weighted by atomic mass is 9.89. The molecule has 0 aromatic carbocycles. The molecule has 1 rings (SSSR count). The van der Waals surface area contributed by atoms with E-state index in [1.807, 2.05) is 0 Å². The molecule has 0 amide bonds. The first-order chi connectivity index (χ1) is 4.88. The molecule has 0 aliphatic heterocycles. The minimum Gasteiger partial charge on any atom is -0.361 e. The lowest BCUT2D eigenvalue weighted by Crippen LogP contribution is -2.55. The minimum absolute atomic E-state index is 0.0986. The number of halogens is 2. The number of carbonyl (C=O) groups excluding carboxylic acids is 1. The number of Topliss-reactive ketones (excluding diaryl/α,β-unsaturated/α-hetero) is 1. The Hall–Kier alpha value is -0.550. The second-order valence-corrected chi connectivity index (χ2v) is 2.67. The molecular formula is C6H8F2O3. The highest BCUT2D eigenvalue weighted by molar-refractivity contribution is 5.87. The molecule has 2 N–H and O–H groups in total. The van der Waals surface area contributed by atoms with Gasteiger partial charge in [-0.2, -0.15) is 8.78 Å². The standard InChI is InChI=1S/C6H8F2O3/c7-6(8)4(9)2-1-3-5(6,10)11/h10-11H,1-3H2. The topological polar surface area (TPSA) is 57.5 Å². The molecule has 0 bridgehead atoms. The number of carbonyl (C=O) groups is 1. The van der Waals surface area contributed by atoms with Crippen molar-refractivity contribution in [1.82, 2.24) is 0 Å². The Morgan fingerprint density at radius 3 is 2.27 bits per heavy atom. The van der Waals surface area contributed by atoms with E-state index in [0.717, 1.165) is 0 Å². The third-order valence-electron chi connectivity index (χ3n) is 1.78. The molecule has 0 aromatic rings. The molecule has 0 unspecified atom stereocenters. The van der Waals surface area contributed by atoms with Gasteiger partial charge in [-0.3, -0.25) is 4.79 Å². The van der Waals surface area contributed by atoms with Crippen LogP contribution in [0.2, 0.25) is 0 Å². The van der Waals surface area contributed by atoms with E-state index in [1.165, 1.54) is 0 Å². The zero-order valence-electron chi connectivity index (χ0n) is 5.68. The molecule has 1 aliphatic rings. The van der Waals surface area contributed by atoms with Crippen LogP contribution in [0.15, 0.2) is 0 Å². The highest BCUT2D eigenvalue weighted by Gasteiger charge is 2.59. The lowest BCUT2D eigenvalue weighted by molar-refractivity contribution is -0.291. The average molecular weight is 166 g/mol. The SMILES string of the molecule is O=C1CCCC(O)(O)C1(F)F. The molecule has 5 heteroatoms. The molecule has 64 valence electrons. The second kappa shape index (κ2) is 2.22. The highest BCUT2D eigenvalue weighted by Crippen LogP contribution is 2.37. The van der Waals surface area contributed by atoms with E-state index in [4.69, 9.17) is 10.2 Å². The van der Waals surface area contributed by atoms with Gasteiger partial charge in [0, 0.05) is 12.8 Å². The first-order valence-electron chi connectivity index (χ1n) is 3.24. The largest absolute Gasteiger partial charge is 0.361 e. The van der Waals surface area contributed by atoms with E-state index in [0.29, 0.717) is 0 Å².